The molecule has 28 heavy (non-hydrogen) atoms. The Bertz CT molecular complexity index is 1360. The van der Waals surface area contributed by atoms with Crippen LogP contribution in [0.25, 0.3) is 44.0 Å². The molecule has 0 amide bonds. The van der Waals surface area contributed by atoms with Crippen LogP contribution in [0.4, 0.5) is 0 Å². The van der Waals surface area contributed by atoms with E-state index in [9.17, 15) is 5.11 Å². The second-order valence-corrected chi connectivity index (χ2v) is 7.70. The molecule has 2 heterocycles. The quantitative estimate of drug-likeness (QED) is 0.374. The second kappa shape index (κ2) is 5.83. The van der Waals surface area contributed by atoms with Crippen LogP contribution in [0.3, 0.4) is 0 Å². The number of hydrogen-bond donors (Lipinski definition) is 1. The lowest BCUT2D eigenvalue weighted by molar-refractivity contribution is 0.475. The Labute approximate surface area is 162 Å². The molecule has 1 aliphatic rings. The van der Waals surface area contributed by atoms with E-state index >= 15 is 0 Å². The molecule has 0 fully saturated rings. The van der Waals surface area contributed by atoms with Crippen molar-refractivity contribution in [2.45, 2.75) is 25.7 Å². The van der Waals surface area contributed by atoms with Crippen molar-refractivity contribution >= 4 is 32.7 Å². The summed E-state index contributed by atoms with van der Waals surface area (Å²) in [5, 5.41) is 14.2. The molecule has 0 saturated heterocycles. The Balaban J connectivity index is 1.65. The number of phenolic OH excluding ortho intramolecular Hbond substituents is 1. The topological polar surface area (TPSA) is 46.3 Å². The highest BCUT2D eigenvalue weighted by molar-refractivity contribution is 6.12. The predicted octanol–water partition coefficient (Wildman–Crippen LogP) is 6.39. The smallest absolute Gasteiger partial charge is 0.136 e. The number of aromatic hydroxyl groups is 1. The fraction of sp³-hybridized carbons (Fsp3) is 0.160. The zero-order valence-corrected chi connectivity index (χ0v) is 15.4. The first-order chi connectivity index (χ1) is 13.8. The SMILES string of the molecule is Oc1ccc(-c2nccc3cc4oc5cc6c(cc5c4cc23)CCCC6)cc1. The average Bonchev–Trinajstić information content (AvgIpc) is 3.07. The van der Waals surface area contributed by atoms with Gasteiger partial charge in [0.2, 0.25) is 0 Å². The summed E-state index contributed by atoms with van der Waals surface area (Å²) in [7, 11) is 0. The molecule has 3 nitrogen and oxygen atoms in total. The molecule has 5 aromatic rings. The summed E-state index contributed by atoms with van der Waals surface area (Å²) in [5.74, 6) is 0.261. The van der Waals surface area contributed by atoms with Gasteiger partial charge in [0.25, 0.3) is 0 Å². The van der Waals surface area contributed by atoms with Gasteiger partial charge in [0.15, 0.2) is 0 Å². The Morgan fingerprint density at radius 3 is 2.29 bits per heavy atom. The summed E-state index contributed by atoms with van der Waals surface area (Å²) in [6.45, 7) is 0. The van der Waals surface area contributed by atoms with E-state index in [0.29, 0.717) is 0 Å². The summed E-state index contributed by atoms with van der Waals surface area (Å²) >= 11 is 0. The molecule has 3 heteroatoms. The van der Waals surface area contributed by atoms with E-state index in [1.807, 2.05) is 24.4 Å². The number of aromatic nitrogens is 1. The molecule has 0 bridgehead atoms. The van der Waals surface area contributed by atoms with Gasteiger partial charge in [-0.2, -0.15) is 0 Å². The first-order valence-corrected chi connectivity index (χ1v) is 9.82. The van der Waals surface area contributed by atoms with Crippen molar-refractivity contribution in [2.24, 2.45) is 0 Å². The summed E-state index contributed by atoms with van der Waals surface area (Å²) in [6, 6.07) is 18.1. The minimum absolute atomic E-state index is 0.261. The van der Waals surface area contributed by atoms with E-state index in [0.717, 1.165) is 51.4 Å². The highest BCUT2D eigenvalue weighted by Gasteiger charge is 2.16. The number of fused-ring (bicyclic) bond motifs is 5. The molecule has 6 rings (SSSR count). The van der Waals surface area contributed by atoms with Crippen molar-refractivity contribution < 1.29 is 9.52 Å². The van der Waals surface area contributed by atoms with Crippen molar-refractivity contribution in [1.82, 2.24) is 4.98 Å². The molecular formula is C25H19NO2. The largest absolute Gasteiger partial charge is 0.508 e. The van der Waals surface area contributed by atoms with E-state index < -0.39 is 0 Å². The molecule has 1 N–H and O–H groups in total. The van der Waals surface area contributed by atoms with Gasteiger partial charge in [0, 0.05) is 27.9 Å². The molecule has 2 aromatic heterocycles. The van der Waals surface area contributed by atoms with Crippen LogP contribution in [0.2, 0.25) is 0 Å². The molecule has 0 unspecified atom stereocenters. The normalized spacial score (nSPS) is 14.0. The van der Waals surface area contributed by atoms with Crippen molar-refractivity contribution in [3.05, 3.63) is 71.9 Å². The maximum Gasteiger partial charge on any atom is 0.136 e. The summed E-state index contributed by atoms with van der Waals surface area (Å²) in [4.78, 5) is 4.64. The first kappa shape index (κ1) is 15.7. The number of hydrogen-bond acceptors (Lipinski definition) is 3. The van der Waals surface area contributed by atoms with Gasteiger partial charge < -0.3 is 9.52 Å². The monoisotopic (exact) mass is 365 g/mol. The molecule has 0 radical (unpaired) electrons. The van der Waals surface area contributed by atoms with Gasteiger partial charge in [-0.3, -0.25) is 4.98 Å². The Hall–Kier alpha value is -3.33. The fourth-order valence-electron chi connectivity index (χ4n) is 4.52. The van der Waals surface area contributed by atoms with E-state index in [4.69, 9.17) is 4.42 Å². The van der Waals surface area contributed by atoms with Crippen molar-refractivity contribution in [3.63, 3.8) is 0 Å². The number of aryl methyl sites for hydroxylation is 2. The van der Waals surface area contributed by atoms with E-state index in [1.54, 1.807) is 12.1 Å². The number of furan rings is 1. The maximum atomic E-state index is 9.61. The number of rotatable bonds is 1. The van der Waals surface area contributed by atoms with Crippen LogP contribution in [0.15, 0.2) is 65.2 Å². The lowest BCUT2D eigenvalue weighted by Crippen LogP contribution is -2.01. The van der Waals surface area contributed by atoms with E-state index in [-0.39, 0.29) is 5.75 Å². The van der Waals surface area contributed by atoms with Gasteiger partial charge in [0.1, 0.15) is 16.9 Å². The van der Waals surface area contributed by atoms with Crippen LogP contribution in [-0.4, -0.2) is 10.1 Å². The Morgan fingerprint density at radius 1 is 0.750 bits per heavy atom. The van der Waals surface area contributed by atoms with Crippen LogP contribution in [-0.2, 0) is 12.8 Å². The third kappa shape index (κ3) is 2.32. The lowest BCUT2D eigenvalue weighted by Gasteiger charge is -2.14. The molecule has 0 spiro atoms. The zero-order chi connectivity index (χ0) is 18.7. The fourth-order valence-corrected chi connectivity index (χ4v) is 4.52. The molecule has 136 valence electrons. The summed E-state index contributed by atoms with van der Waals surface area (Å²) in [6.07, 6.45) is 6.68. The summed E-state index contributed by atoms with van der Waals surface area (Å²) < 4.78 is 6.23. The average molecular weight is 365 g/mol. The summed E-state index contributed by atoms with van der Waals surface area (Å²) in [5.41, 5.74) is 6.72. The van der Waals surface area contributed by atoms with Gasteiger partial charge in [-0.05, 0) is 96.8 Å². The third-order valence-electron chi connectivity index (χ3n) is 5.96. The maximum absolute atomic E-state index is 9.61. The Kier molecular flexibility index (Phi) is 3.27. The molecular weight excluding hydrogens is 346 g/mol. The van der Waals surface area contributed by atoms with Crippen LogP contribution in [0.1, 0.15) is 24.0 Å². The van der Waals surface area contributed by atoms with Gasteiger partial charge in [-0.1, -0.05) is 0 Å². The van der Waals surface area contributed by atoms with Crippen molar-refractivity contribution in [2.75, 3.05) is 0 Å². The van der Waals surface area contributed by atoms with Gasteiger partial charge in [-0.15, -0.1) is 0 Å². The lowest BCUT2D eigenvalue weighted by atomic mass is 9.90. The molecule has 0 saturated carbocycles. The standard InChI is InChI=1S/C25H19NO2/c27-19-7-5-15(6-8-19)25-20-14-22-21-11-16-3-1-2-4-17(16)12-23(21)28-24(22)13-18(20)9-10-26-25/h5-14,27H,1-4H2. The molecule has 3 aromatic carbocycles. The first-order valence-electron chi connectivity index (χ1n) is 9.82. The highest BCUT2D eigenvalue weighted by Crippen LogP contribution is 2.37. The van der Waals surface area contributed by atoms with Crippen molar-refractivity contribution in [1.29, 1.82) is 0 Å². The number of benzene rings is 3. The van der Waals surface area contributed by atoms with Crippen LogP contribution < -0.4 is 0 Å². The second-order valence-electron chi connectivity index (χ2n) is 7.70. The Morgan fingerprint density at radius 2 is 1.46 bits per heavy atom. The number of nitrogens with zero attached hydrogens (tertiary/aromatic N) is 1. The van der Waals surface area contributed by atoms with E-state index in [1.165, 1.54) is 29.4 Å². The minimum atomic E-state index is 0.261. The van der Waals surface area contributed by atoms with Crippen LogP contribution >= 0.6 is 0 Å². The third-order valence-corrected chi connectivity index (χ3v) is 5.96. The predicted molar refractivity (Wildman–Crippen MR) is 113 cm³/mol. The molecule has 0 atom stereocenters. The van der Waals surface area contributed by atoms with Gasteiger partial charge in [0.05, 0.1) is 5.69 Å². The highest BCUT2D eigenvalue weighted by atomic mass is 16.3. The van der Waals surface area contributed by atoms with Gasteiger partial charge >= 0.3 is 0 Å². The van der Waals surface area contributed by atoms with Crippen LogP contribution in [0, 0.1) is 0 Å². The van der Waals surface area contributed by atoms with E-state index in [2.05, 4.69) is 29.2 Å². The number of phenols is 1. The van der Waals surface area contributed by atoms with Crippen LogP contribution in [0.5, 0.6) is 5.75 Å². The minimum Gasteiger partial charge on any atom is -0.508 e. The molecule has 1 aliphatic carbocycles. The van der Waals surface area contributed by atoms with Gasteiger partial charge in [-0.25, -0.2) is 0 Å². The van der Waals surface area contributed by atoms with Crippen molar-refractivity contribution in [3.8, 4) is 17.0 Å². The number of pyridine rings is 1. The zero-order valence-electron chi connectivity index (χ0n) is 15.4. The molecule has 0 aliphatic heterocycles.